The Bertz CT molecular complexity index is 595. The number of ketones is 1. The van der Waals surface area contributed by atoms with Crippen LogP contribution in [0.3, 0.4) is 0 Å². The molecule has 26 heavy (non-hydrogen) atoms. The second kappa shape index (κ2) is 5.82. The van der Waals surface area contributed by atoms with Gasteiger partial charge in [0.15, 0.2) is 0 Å². The fraction of sp³-hybridized carbons (Fsp3) is 0.958. The van der Waals surface area contributed by atoms with Gasteiger partial charge in [-0.3, -0.25) is 4.79 Å². The number of hydrogen-bond acceptors (Lipinski definition) is 2. The molecule has 0 bridgehead atoms. The first-order valence-electron chi connectivity index (χ1n) is 11.5. The Hall–Kier alpha value is -0.370. The van der Waals surface area contributed by atoms with Crippen molar-refractivity contribution >= 4 is 5.78 Å². The van der Waals surface area contributed by atoms with Crippen LogP contribution in [0.2, 0.25) is 0 Å². The van der Waals surface area contributed by atoms with Gasteiger partial charge >= 0.3 is 0 Å². The number of carbonyl (C=O) groups is 1. The lowest BCUT2D eigenvalue weighted by Gasteiger charge is -2.61. The van der Waals surface area contributed by atoms with E-state index < -0.39 is 0 Å². The topological polar surface area (TPSA) is 37.3 Å². The largest absolute Gasteiger partial charge is 0.393 e. The molecule has 5 fully saturated rings. The van der Waals surface area contributed by atoms with Crippen LogP contribution in [0.15, 0.2) is 0 Å². The quantitative estimate of drug-likeness (QED) is 0.734. The van der Waals surface area contributed by atoms with Gasteiger partial charge < -0.3 is 5.11 Å². The summed E-state index contributed by atoms with van der Waals surface area (Å²) in [5, 5.41) is 10.2. The van der Waals surface area contributed by atoms with Crippen molar-refractivity contribution in [2.45, 2.75) is 91.1 Å². The van der Waals surface area contributed by atoms with Gasteiger partial charge in [-0.05, 0) is 117 Å². The molecule has 0 radical (unpaired) electrons. The second-order valence-corrected chi connectivity index (χ2v) is 11.4. The Labute approximate surface area is 159 Å². The Balaban J connectivity index is 1.49. The normalized spacial score (nSPS) is 56.4. The molecule has 9 atom stereocenters. The molecule has 0 spiro atoms. The standard InChI is InChI=1S/C24H38O2/c1-14(25)21-13-19(15-4-5-15)22-18-7-6-16-12-17(26)8-10-23(16,2)20(18)9-11-24(21,22)3/h15-22,26H,4-13H2,1-3H3. The van der Waals surface area contributed by atoms with E-state index in [9.17, 15) is 9.90 Å². The van der Waals surface area contributed by atoms with Gasteiger partial charge in [0.2, 0.25) is 0 Å². The maximum Gasteiger partial charge on any atom is 0.133 e. The van der Waals surface area contributed by atoms with E-state index in [1.807, 2.05) is 6.92 Å². The van der Waals surface area contributed by atoms with Crippen LogP contribution in [-0.2, 0) is 4.79 Å². The second-order valence-electron chi connectivity index (χ2n) is 11.4. The van der Waals surface area contributed by atoms with Crippen LogP contribution >= 0.6 is 0 Å². The van der Waals surface area contributed by atoms with E-state index in [1.165, 1.54) is 51.4 Å². The maximum absolute atomic E-state index is 12.6. The molecule has 0 amide bonds. The highest BCUT2D eigenvalue weighted by molar-refractivity contribution is 5.79. The maximum atomic E-state index is 12.6. The molecule has 0 aromatic carbocycles. The third-order valence-electron chi connectivity index (χ3n) is 10.4. The van der Waals surface area contributed by atoms with Gasteiger partial charge in [0.25, 0.3) is 0 Å². The molecular formula is C24H38O2. The van der Waals surface area contributed by atoms with E-state index in [-0.39, 0.29) is 11.5 Å². The van der Waals surface area contributed by atoms with E-state index in [4.69, 9.17) is 0 Å². The predicted molar refractivity (Wildman–Crippen MR) is 104 cm³/mol. The minimum absolute atomic E-state index is 0.0498. The first kappa shape index (κ1) is 17.7. The highest BCUT2D eigenvalue weighted by Crippen LogP contribution is 2.71. The van der Waals surface area contributed by atoms with Gasteiger partial charge in [-0.15, -0.1) is 0 Å². The molecule has 146 valence electrons. The zero-order valence-corrected chi connectivity index (χ0v) is 17.0. The number of rotatable bonds is 2. The van der Waals surface area contributed by atoms with Gasteiger partial charge in [-0.25, -0.2) is 0 Å². The molecule has 2 nitrogen and oxygen atoms in total. The van der Waals surface area contributed by atoms with Gasteiger partial charge in [0.05, 0.1) is 6.10 Å². The van der Waals surface area contributed by atoms with Gasteiger partial charge in [-0.2, -0.15) is 0 Å². The monoisotopic (exact) mass is 358 g/mol. The van der Waals surface area contributed by atoms with Crippen molar-refractivity contribution in [1.82, 2.24) is 0 Å². The van der Waals surface area contributed by atoms with E-state index in [0.717, 1.165) is 48.3 Å². The average molecular weight is 359 g/mol. The van der Waals surface area contributed by atoms with Crippen LogP contribution in [0.5, 0.6) is 0 Å². The van der Waals surface area contributed by atoms with Crippen LogP contribution in [0.1, 0.15) is 85.0 Å². The molecule has 0 aromatic rings. The van der Waals surface area contributed by atoms with E-state index >= 15 is 0 Å². The lowest BCUT2D eigenvalue weighted by atomic mass is 9.44. The van der Waals surface area contributed by atoms with Crippen molar-refractivity contribution in [2.75, 3.05) is 0 Å². The van der Waals surface area contributed by atoms with Crippen LogP contribution in [-0.4, -0.2) is 17.0 Å². The van der Waals surface area contributed by atoms with Crippen molar-refractivity contribution in [3.63, 3.8) is 0 Å². The fourth-order valence-corrected chi connectivity index (χ4v) is 9.05. The lowest BCUT2D eigenvalue weighted by molar-refractivity contribution is -0.142. The number of aliphatic hydroxyl groups excluding tert-OH is 1. The number of fused-ring (bicyclic) bond motifs is 5. The SMILES string of the molecule is CC(=O)C1CC(C2CC2)C2C3CCC4CC(O)CCC4(C)C3CCC12C. The highest BCUT2D eigenvalue weighted by Gasteiger charge is 2.64. The number of aliphatic hydroxyl groups is 1. The smallest absolute Gasteiger partial charge is 0.133 e. The molecule has 1 N–H and O–H groups in total. The minimum atomic E-state index is -0.0498. The Morgan fingerprint density at radius 2 is 1.62 bits per heavy atom. The van der Waals surface area contributed by atoms with E-state index in [0.29, 0.717) is 17.1 Å². The molecule has 5 rings (SSSR count). The van der Waals surface area contributed by atoms with Crippen LogP contribution in [0, 0.1) is 52.3 Å². The molecule has 0 aliphatic heterocycles. The molecule has 5 aliphatic carbocycles. The summed E-state index contributed by atoms with van der Waals surface area (Å²) in [7, 11) is 0. The zero-order valence-electron chi connectivity index (χ0n) is 17.0. The Morgan fingerprint density at radius 1 is 0.885 bits per heavy atom. The number of hydrogen-bond donors (Lipinski definition) is 1. The molecule has 0 saturated heterocycles. The summed E-state index contributed by atoms with van der Waals surface area (Å²) in [6.45, 7) is 6.95. The summed E-state index contributed by atoms with van der Waals surface area (Å²) in [6.07, 6.45) is 12.6. The van der Waals surface area contributed by atoms with Gasteiger partial charge in [0, 0.05) is 5.92 Å². The summed E-state index contributed by atoms with van der Waals surface area (Å²) in [4.78, 5) is 12.6. The number of Topliss-reactive ketones (excluding diaryl/α,β-unsaturated/α-hetero) is 1. The van der Waals surface area contributed by atoms with Crippen molar-refractivity contribution in [1.29, 1.82) is 0 Å². The van der Waals surface area contributed by atoms with Crippen LogP contribution < -0.4 is 0 Å². The fourth-order valence-electron chi connectivity index (χ4n) is 9.05. The average Bonchev–Trinajstić information content (AvgIpc) is 3.37. The molecule has 2 heteroatoms. The summed E-state index contributed by atoms with van der Waals surface area (Å²) in [6, 6.07) is 0. The summed E-state index contributed by atoms with van der Waals surface area (Å²) >= 11 is 0. The van der Waals surface area contributed by atoms with Crippen LogP contribution in [0.4, 0.5) is 0 Å². The van der Waals surface area contributed by atoms with Gasteiger partial charge in [-0.1, -0.05) is 13.8 Å². The third kappa shape index (κ3) is 2.36. The minimum Gasteiger partial charge on any atom is -0.393 e. The highest BCUT2D eigenvalue weighted by atomic mass is 16.3. The Kier molecular flexibility index (Phi) is 3.96. The van der Waals surface area contributed by atoms with E-state index in [2.05, 4.69) is 13.8 Å². The third-order valence-corrected chi connectivity index (χ3v) is 10.4. The summed E-state index contributed by atoms with van der Waals surface area (Å²) in [5.41, 5.74) is 0.726. The molecule has 5 saturated carbocycles. The first-order valence-corrected chi connectivity index (χ1v) is 11.5. The molecule has 0 heterocycles. The molecular weight excluding hydrogens is 320 g/mol. The van der Waals surface area contributed by atoms with E-state index in [1.54, 1.807) is 0 Å². The van der Waals surface area contributed by atoms with Crippen molar-refractivity contribution in [3.05, 3.63) is 0 Å². The molecule has 9 unspecified atom stereocenters. The molecule has 0 aromatic heterocycles. The Morgan fingerprint density at radius 3 is 2.31 bits per heavy atom. The summed E-state index contributed by atoms with van der Waals surface area (Å²) in [5.74, 6) is 5.79. The summed E-state index contributed by atoms with van der Waals surface area (Å²) < 4.78 is 0. The van der Waals surface area contributed by atoms with Crippen molar-refractivity contribution in [3.8, 4) is 0 Å². The lowest BCUT2D eigenvalue weighted by Crippen LogP contribution is -2.55. The molecule has 5 aliphatic rings. The first-order chi connectivity index (χ1) is 12.3. The predicted octanol–water partition coefficient (Wildman–Crippen LogP) is 5.23. The zero-order chi connectivity index (χ0) is 18.3. The van der Waals surface area contributed by atoms with Crippen molar-refractivity contribution < 1.29 is 9.90 Å². The van der Waals surface area contributed by atoms with Crippen LogP contribution in [0.25, 0.3) is 0 Å². The van der Waals surface area contributed by atoms with Gasteiger partial charge in [0.1, 0.15) is 5.78 Å². The number of carbonyl (C=O) groups excluding carboxylic acids is 1. The van der Waals surface area contributed by atoms with Crippen molar-refractivity contribution in [2.24, 2.45) is 52.3 Å².